The van der Waals surface area contributed by atoms with Crippen molar-refractivity contribution >= 4 is 24.8 Å². The van der Waals surface area contributed by atoms with Gasteiger partial charge in [-0.3, -0.25) is 0 Å². The Hall–Kier alpha value is -2.19. The van der Waals surface area contributed by atoms with Crippen molar-refractivity contribution in [3.05, 3.63) is 65.5 Å². The van der Waals surface area contributed by atoms with Crippen LogP contribution < -0.4 is 15.4 Å². The van der Waals surface area contributed by atoms with E-state index in [9.17, 15) is 0 Å². The Kier molecular flexibility index (Phi) is 9.05. The van der Waals surface area contributed by atoms with Crippen LogP contribution in [0, 0.1) is 6.92 Å². The van der Waals surface area contributed by atoms with E-state index in [1.807, 2.05) is 19.1 Å². The van der Waals surface area contributed by atoms with Crippen LogP contribution in [-0.2, 0) is 6.54 Å². The first-order valence-electron chi connectivity index (χ1n) is 9.70. The highest BCUT2D eigenvalue weighted by atomic mass is 35.5. The van der Waals surface area contributed by atoms with E-state index in [2.05, 4.69) is 62.6 Å². The molecule has 4 rings (SSSR count). The number of aromatic nitrogens is 4. The first-order valence-corrected chi connectivity index (χ1v) is 9.70. The van der Waals surface area contributed by atoms with Crippen LogP contribution in [0.1, 0.15) is 35.8 Å². The van der Waals surface area contributed by atoms with Crippen LogP contribution >= 0.6 is 24.8 Å². The summed E-state index contributed by atoms with van der Waals surface area (Å²) in [5, 5.41) is 19.2. The number of nitrogens with one attached hydrogen (secondary N) is 2. The van der Waals surface area contributed by atoms with E-state index in [4.69, 9.17) is 4.74 Å². The van der Waals surface area contributed by atoms with Crippen LogP contribution in [0.3, 0.4) is 0 Å². The highest BCUT2D eigenvalue weighted by molar-refractivity contribution is 5.85. The van der Waals surface area contributed by atoms with E-state index in [1.165, 1.54) is 12.0 Å². The van der Waals surface area contributed by atoms with Crippen molar-refractivity contribution in [2.24, 2.45) is 0 Å². The average Bonchev–Trinajstić information content (AvgIpc) is 3.18. The largest absolute Gasteiger partial charge is 0.496 e. The molecule has 1 aliphatic rings. The van der Waals surface area contributed by atoms with Gasteiger partial charge >= 0.3 is 0 Å². The third-order valence-electron chi connectivity index (χ3n) is 5.31. The first-order chi connectivity index (χ1) is 13.8. The maximum absolute atomic E-state index is 5.58. The zero-order valence-corrected chi connectivity index (χ0v) is 18.7. The molecule has 30 heavy (non-hydrogen) atoms. The number of hydrogen-bond acceptors (Lipinski definition) is 6. The standard InChI is InChI=1S/C21H26N6O.2ClH/c1-15-24-25-26-27(15)18-10-11-20(28-2)17(13-18)14-23-19-9-6-12-22-21(19)16-7-4-3-5-8-16;;/h3-5,7-8,10-11,13,19,21-23H,6,9,12,14H2,1-2H3;2*1H/t19-,21+;;/m0../s1. The summed E-state index contributed by atoms with van der Waals surface area (Å²) >= 11 is 0. The summed E-state index contributed by atoms with van der Waals surface area (Å²) in [5.41, 5.74) is 3.35. The van der Waals surface area contributed by atoms with Gasteiger partial charge in [-0.05, 0) is 60.5 Å². The minimum atomic E-state index is 0. The third kappa shape index (κ3) is 5.29. The lowest BCUT2D eigenvalue weighted by Gasteiger charge is -2.34. The molecule has 1 aromatic heterocycles. The summed E-state index contributed by atoms with van der Waals surface area (Å²) in [5.74, 6) is 1.62. The van der Waals surface area contributed by atoms with Crippen LogP contribution in [0.15, 0.2) is 48.5 Å². The van der Waals surface area contributed by atoms with Gasteiger partial charge in [-0.2, -0.15) is 4.68 Å². The molecule has 1 fully saturated rings. The van der Waals surface area contributed by atoms with E-state index in [1.54, 1.807) is 11.8 Å². The molecule has 0 bridgehead atoms. The zero-order valence-electron chi connectivity index (χ0n) is 17.1. The Bertz CT molecular complexity index is 921. The fourth-order valence-corrected chi connectivity index (χ4v) is 3.87. The number of nitrogens with zero attached hydrogens (tertiary/aromatic N) is 4. The molecule has 7 nitrogen and oxygen atoms in total. The monoisotopic (exact) mass is 450 g/mol. The third-order valence-corrected chi connectivity index (χ3v) is 5.31. The van der Waals surface area contributed by atoms with Gasteiger partial charge in [0, 0.05) is 24.2 Å². The summed E-state index contributed by atoms with van der Waals surface area (Å²) in [4.78, 5) is 0. The number of halogens is 2. The summed E-state index contributed by atoms with van der Waals surface area (Å²) in [7, 11) is 1.70. The van der Waals surface area contributed by atoms with Gasteiger partial charge in [0.05, 0.1) is 12.8 Å². The lowest BCUT2D eigenvalue weighted by molar-refractivity contribution is 0.303. The van der Waals surface area contributed by atoms with Gasteiger partial charge < -0.3 is 15.4 Å². The predicted molar refractivity (Wildman–Crippen MR) is 122 cm³/mol. The molecule has 0 saturated carbocycles. The van der Waals surface area contributed by atoms with E-state index in [0.29, 0.717) is 18.6 Å². The SMILES string of the molecule is COc1ccc(-n2nnnc2C)cc1CN[C@H]1CCCN[C@@H]1c1ccccc1.Cl.Cl. The molecule has 1 saturated heterocycles. The van der Waals surface area contributed by atoms with E-state index in [-0.39, 0.29) is 24.8 Å². The average molecular weight is 451 g/mol. The number of methoxy groups -OCH3 is 1. The molecule has 0 radical (unpaired) electrons. The Morgan fingerprint density at radius 1 is 1.17 bits per heavy atom. The van der Waals surface area contributed by atoms with Crippen molar-refractivity contribution in [2.45, 2.75) is 38.4 Å². The number of benzene rings is 2. The second-order valence-corrected chi connectivity index (χ2v) is 7.11. The molecule has 162 valence electrons. The lowest BCUT2D eigenvalue weighted by atomic mass is 9.92. The summed E-state index contributed by atoms with van der Waals surface area (Å²) in [6.07, 6.45) is 2.31. The van der Waals surface area contributed by atoms with Gasteiger partial charge in [0.1, 0.15) is 5.75 Å². The van der Waals surface area contributed by atoms with E-state index < -0.39 is 0 Å². The summed E-state index contributed by atoms with van der Waals surface area (Å²) in [6.45, 7) is 3.66. The Morgan fingerprint density at radius 2 is 1.97 bits per heavy atom. The molecule has 2 N–H and O–H groups in total. The van der Waals surface area contributed by atoms with Crippen molar-refractivity contribution in [1.29, 1.82) is 0 Å². The van der Waals surface area contributed by atoms with Crippen molar-refractivity contribution in [3.63, 3.8) is 0 Å². The molecule has 2 heterocycles. The zero-order chi connectivity index (χ0) is 19.3. The van der Waals surface area contributed by atoms with Gasteiger partial charge in [0.25, 0.3) is 0 Å². The Balaban J connectivity index is 0.00000160. The minimum absolute atomic E-state index is 0. The van der Waals surface area contributed by atoms with Crippen LogP contribution in [-0.4, -0.2) is 39.9 Å². The molecule has 2 aromatic carbocycles. The van der Waals surface area contributed by atoms with Gasteiger partial charge in [-0.1, -0.05) is 30.3 Å². The molecule has 9 heteroatoms. The highest BCUT2D eigenvalue weighted by Crippen LogP contribution is 2.26. The molecule has 0 aliphatic carbocycles. The van der Waals surface area contributed by atoms with Gasteiger partial charge in [-0.15, -0.1) is 29.9 Å². The maximum atomic E-state index is 5.58. The van der Waals surface area contributed by atoms with Gasteiger partial charge in [-0.25, -0.2) is 0 Å². The minimum Gasteiger partial charge on any atom is -0.496 e. The maximum Gasteiger partial charge on any atom is 0.153 e. The smallest absolute Gasteiger partial charge is 0.153 e. The molecule has 0 unspecified atom stereocenters. The van der Waals surface area contributed by atoms with Gasteiger partial charge in [0.15, 0.2) is 5.82 Å². The Labute approximate surface area is 189 Å². The molecule has 1 aliphatic heterocycles. The van der Waals surface area contributed by atoms with E-state index >= 15 is 0 Å². The highest BCUT2D eigenvalue weighted by Gasteiger charge is 2.25. The number of hydrogen-bond donors (Lipinski definition) is 2. The fourth-order valence-electron chi connectivity index (χ4n) is 3.87. The number of rotatable bonds is 6. The van der Waals surface area contributed by atoms with Crippen LogP contribution in [0.25, 0.3) is 5.69 Å². The number of aryl methyl sites for hydroxylation is 1. The summed E-state index contributed by atoms with van der Waals surface area (Å²) in [6, 6.07) is 17.4. The van der Waals surface area contributed by atoms with Crippen LogP contribution in [0.5, 0.6) is 5.75 Å². The fraction of sp³-hybridized carbons (Fsp3) is 0.381. The predicted octanol–water partition coefficient (Wildman–Crippen LogP) is 3.41. The molecular formula is C21H28Cl2N6O. The summed E-state index contributed by atoms with van der Waals surface area (Å²) < 4.78 is 7.32. The normalized spacial score (nSPS) is 18.2. The second kappa shape index (κ2) is 11.3. The molecule has 0 spiro atoms. The van der Waals surface area contributed by atoms with Crippen molar-refractivity contribution < 1.29 is 4.74 Å². The number of piperidine rings is 1. The van der Waals surface area contributed by atoms with Crippen molar-refractivity contribution in [3.8, 4) is 11.4 Å². The molecule has 0 amide bonds. The van der Waals surface area contributed by atoms with Crippen LogP contribution in [0.2, 0.25) is 0 Å². The topological polar surface area (TPSA) is 76.9 Å². The van der Waals surface area contributed by atoms with Crippen molar-refractivity contribution in [1.82, 2.24) is 30.8 Å². The Morgan fingerprint density at radius 3 is 2.67 bits per heavy atom. The molecular weight excluding hydrogens is 423 g/mol. The number of tetrazole rings is 1. The lowest BCUT2D eigenvalue weighted by Crippen LogP contribution is -2.45. The van der Waals surface area contributed by atoms with E-state index in [0.717, 1.165) is 35.8 Å². The van der Waals surface area contributed by atoms with Crippen LogP contribution in [0.4, 0.5) is 0 Å². The molecule has 2 atom stereocenters. The molecule has 3 aromatic rings. The number of ether oxygens (including phenoxy) is 1. The second-order valence-electron chi connectivity index (χ2n) is 7.11. The van der Waals surface area contributed by atoms with Gasteiger partial charge in [0.2, 0.25) is 0 Å². The van der Waals surface area contributed by atoms with Crippen molar-refractivity contribution in [2.75, 3.05) is 13.7 Å². The first kappa shape index (κ1) is 24.1. The quantitative estimate of drug-likeness (QED) is 0.598.